The summed E-state index contributed by atoms with van der Waals surface area (Å²) in [5.41, 5.74) is 0. The van der Waals surface area contributed by atoms with Crippen LogP contribution in [0.4, 0.5) is 0 Å². The van der Waals surface area contributed by atoms with Gasteiger partial charge in [-0.2, -0.15) is 0 Å². The Balaban J connectivity index is 4.23. The molecule has 0 N–H and O–H groups in total. The molecule has 0 aromatic rings. The Morgan fingerprint density at radius 2 is 0.711 bits per heavy atom. The molecule has 2 unspecified atom stereocenters. The lowest BCUT2D eigenvalue weighted by Crippen LogP contribution is -2.37. The number of unbranched alkanes of at least 4 members (excludes halogenated alkanes) is 14. The zero-order valence-corrected chi connectivity index (χ0v) is 49.5. The number of hydrogen-bond acceptors (Lipinski definition) is 8. The summed E-state index contributed by atoms with van der Waals surface area (Å²) in [6, 6.07) is 0. The molecule has 0 amide bonds. The molecule has 0 aliphatic rings. The number of ether oxygens (including phenoxy) is 2. The Hall–Kier alpha value is -4.11. The number of allylic oxidation sites excluding steroid dienone is 24. The summed E-state index contributed by atoms with van der Waals surface area (Å²) < 4.78 is 34.1. The van der Waals surface area contributed by atoms with Crippen molar-refractivity contribution in [1.82, 2.24) is 0 Å². The second-order valence-electron chi connectivity index (χ2n) is 20.2. The van der Waals surface area contributed by atoms with Crippen LogP contribution in [0, 0.1) is 0 Å². The maximum Gasteiger partial charge on any atom is 0.306 e. The Labute approximate surface area is 465 Å². The SMILES string of the molecule is CC/C=C\C/C=C\C/C=C\C/C=C\C/C=C\C/C=C\C/C=C\C/C=C\CCCCCCCCCCC(=O)OC(COC(=O)CCCCCCCC/C=C\C/C=C\C/C=C\C/C=C\CC)COP(=O)([O-])OCC[N+](C)(C)C. The van der Waals surface area contributed by atoms with Gasteiger partial charge in [0.15, 0.2) is 6.10 Å². The highest BCUT2D eigenvalue weighted by molar-refractivity contribution is 7.45. The second-order valence-corrected chi connectivity index (χ2v) is 21.7. The fraction of sp³-hybridized carbons (Fsp3) is 0.606. The lowest BCUT2D eigenvalue weighted by molar-refractivity contribution is -0.870. The average Bonchev–Trinajstić information content (AvgIpc) is 3.38. The fourth-order valence-electron chi connectivity index (χ4n) is 7.37. The summed E-state index contributed by atoms with van der Waals surface area (Å²) >= 11 is 0. The molecule has 0 rings (SSSR count). The van der Waals surface area contributed by atoms with Crippen LogP contribution < -0.4 is 4.89 Å². The first-order valence-electron chi connectivity index (χ1n) is 29.5. The Morgan fingerprint density at radius 1 is 0.408 bits per heavy atom. The summed E-state index contributed by atoms with van der Waals surface area (Å²) in [4.78, 5) is 37.9. The predicted molar refractivity (Wildman–Crippen MR) is 323 cm³/mol. The molecule has 0 saturated carbocycles. The van der Waals surface area contributed by atoms with Crippen LogP contribution in [0.3, 0.4) is 0 Å². The normalized spacial score (nSPS) is 14.3. The van der Waals surface area contributed by atoms with E-state index in [1.54, 1.807) is 0 Å². The number of quaternary nitrogens is 1. The molecule has 0 fully saturated rings. The van der Waals surface area contributed by atoms with Gasteiger partial charge in [-0.25, -0.2) is 0 Å². The molecule has 430 valence electrons. The van der Waals surface area contributed by atoms with E-state index in [4.69, 9.17) is 18.5 Å². The Kier molecular flexibility index (Phi) is 52.6. The van der Waals surface area contributed by atoms with Crippen LogP contribution >= 0.6 is 7.82 Å². The largest absolute Gasteiger partial charge is 0.756 e. The van der Waals surface area contributed by atoms with E-state index >= 15 is 0 Å². The number of carbonyl (C=O) groups excluding carboxylic acids is 2. The molecule has 0 spiro atoms. The molecule has 0 aliphatic carbocycles. The van der Waals surface area contributed by atoms with Gasteiger partial charge < -0.3 is 27.9 Å². The average molecular weight is 1070 g/mol. The number of likely N-dealkylation sites (N-methyl/N-ethyl adjacent to an activating group) is 1. The maximum atomic E-state index is 12.8. The number of phosphoric acid groups is 1. The molecule has 0 saturated heterocycles. The van der Waals surface area contributed by atoms with Crippen molar-refractivity contribution in [2.24, 2.45) is 0 Å². The third-order valence-electron chi connectivity index (χ3n) is 11.9. The highest BCUT2D eigenvalue weighted by Crippen LogP contribution is 2.38. The molecular formula is C66H108NO8P. The molecule has 10 heteroatoms. The van der Waals surface area contributed by atoms with E-state index in [1.807, 2.05) is 21.1 Å². The number of esters is 2. The van der Waals surface area contributed by atoms with Crippen LogP contribution in [0.15, 0.2) is 146 Å². The number of carbonyl (C=O) groups is 2. The third-order valence-corrected chi connectivity index (χ3v) is 12.8. The molecule has 2 atom stereocenters. The van der Waals surface area contributed by atoms with E-state index in [2.05, 4.69) is 160 Å². The van der Waals surface area contributed by atoms with Gasteiger partial charge >= 0.3 is 11.9 Å². The van der Waals surface area contributed by atoms with Gasteiger partial charge in [-0.1, -0.05) is 224 Å². The van der Waals surface area contributed by atoms with Crippen molar-refractivity contribution in [1.29, 1.82) is 0 Å². The van der Waals surface area contributed by atoms with Crippen LogP contribution in [0.1, 0.15) is 206 Å². The van der Waals surface area contributed by atoms with Crippen LogP contribution in [0.25, 0.3) is 0 Å². The quantitative estimate of drug-likeness (QED) is 0.0195. The summed E-state index contributed by atoms with van der Waals surface area (Å²) in [5, 5.41) is 0. The number of rotatable bonds is 52. The summed E-state index contributed by atoms with van der Waals surface area (Å²) in [6.07, 6.45) is 81.7. The van der Waals surface area contributed by atoms with E-state index in [9.17, 15) is 19.0 Å². The van der Waals surface area contributed by atoms with Gasteiger partial charge in [0.2, 0.25) is 0 Å². The Morgan fingerprint density at radius 3 is 1.05 bits per heavy atom. The first-order valence-corrected chi connectivity index (χ1v) is 31.0. The molecule has 0 bridgehead atoms. The van der Waals surface area contributed by atoms with Crippen molar-refractivity contribution in [3.63, 3.8) is 0 Å². The topological polar surface area (TPSA) is 111 Å². The van der Waals surface area contributed by atoms with Gasteiger partial charge in [-0.15, -0.1) is 0 Å². The predicted octanol–water partition coefficient (Wildman–Crippen LogP) is 18.1. The minimum Gasteiger partial charge on any atom is -0.756 e. The summed E-state index contributed by atoms with van der Waals surface area (Å²) in [7, 11) is 1.13. The number of hydrogen-bond donors (Lipinski definition) is 0. The van der Waals surface area contributed by atoms with Gasteiger partial charge in [0.1, 0.15) is 19.8 Å². The van der Waals surface area contributed by atoms with Gasteiger partial charge in [0.05, 0.1) is 27.7 Å². The molecular weight excluding hydrogens is 966 g/mol. The van der Waals surface area contributed by atoms with Crippen molar-refractivity contribution in [3.8, 4) is 0 Å². The van der Waals surface area contributed by atoms with Crippen molar-refractivity contribution in [3.05, 3.63) is 146 Å². The van der Waals surface area contributed by atoms with Crippen LogP contribution in [0.2, 0.25) is 0 Å². The third kappa shape index (κ3) is 59.1. The van der Waals surface area contributed by atoms with E-state index < -0.39 is 32.5 Å². The zero-order valence-electron chi connectivity index (χ0n) is 48.6. The smallest absolute Gasteiger partial charge is 0.306 e. The van der Waals surface area contributed by atoms with Crippen LogP contribution in [-0.2, 0) is 32.7 Å². The number of nitrogens with zero attached hydrogens (tertiary/aromatic N) is 1. The summed E-state index contributed by atoms with van der Waals surface area (Å²) in [6.45, 7) is 3.96. The highest BCUT2D eigenvalue weighted by atomic mass is 31.2. The standard InChI is InChI=1S/C66H108NO8P/c1-6-8-10-12-14-16-18-20-22-24-26-27-28-29-30-31-32-33-34-35-36-37-38-39-41-43-45-47-49-51-53-55-57-59-66(69)75-64(63-74-76(70,71)73-61-60-67(3,4)5)62-72-65(68)58-56-54-52-50-48-46-44-42-40-25-23-21-19-17-15-13-11-9-7-2/h8-11,14-17,20-23,26-27,29-30,32-33,35-36,38-40,42,64H,6-7,12-13,18-19,24-25,28,31,34,37,41,43-63H2,1-5H3/b10-8-,11-9-,16-14-,17-15-,22-20-,23-21-,27-26-,30-29-,33-32-,36-35-,39-38-,42-40-. The van der Waals surface area contributed by atoms with Crippen LogP contribution in [0.5, 0.6) is 0 Å². The van der Waals surface area contributed by atoms with Gasteiger partial charge in [0, 0.05) is 12.8 Å². The van der Waals surface area contributed by atoms with Crippen molar-refractivity contribution in [2.75, 3.05) is 47.5 Å². The lowest BCUT2D eigenvalue weighted by atomic mass is 10.1. The van der Waals surface area contributed by atoms with Gasteiger partial charge in [-0.05, 0) is 116 Å². The molecule has 9 nitrogen and oxygen atoms in total. The van der Waals surface area contributed by atoms with Crippen molar-refractivity contribution in [2.45, 2.75) is 213 Å². The molecule has 0 aromatic carbocycles. The second kappa shape index (κ2) is 55.6. The van der Waals surface area contributed by atoms with E-state index in [-0.39, 0.29) is 26.1 Å². The molecule has 0 aliphatic heterocycles. The van der Waals surface area contributed by atoms with Crippen molar-refractivity contribution >= 4 is 19.8 Å². The van der Waals surface area contributed by atoms with Crippen molar-refractivity contribution < 1.29 is 42.1 Å². The fourth-order valence-corrected chi connectivity index (χ4v) is 8.10. The van der Waals surface area contributed by atoms with E-state index in [0.29, 0.717) is 23.9 Å². The highest BCUT2D eigenvalue weighted by Gasteiger charge is 2.21. The van der Waals surface area contributed by atoms with Gasteiger partial charge in [0.25, 0.3) is 7.82 Å². The minimum atomic E-state index is -4.65. The van der Waals surface area contributed by atoms with E-state index in [1.165, 1.54) is 25.7 Å². The molecule has 0 radical (unpaired) electrons. The molecule has 0 heterocycles. The molecule has 76 heavy (non-hydrogen) atoms. The van der Waals surface area contributed by atoms with Gasteiger partial charge in [-0.3, -0.25) is 14.2 Å². The monoisotopic (exact) mass is 1070 g/mol. The number of phosphoric ester groups is 1. The minimum absolute atomic E-state index is 0.0436. The van der Waals surface area contributed by atoms with Crippen LogP contribution in [-0.4, -0.2) is 70.0 Å². The zero-order chi connectivity index (χ0) is 55.6. The molecule has 0 aromatic heterocycles. The first-order chi connectivity index (χ1) is 37.0. The Bertz CT molecular complexity index is 1790. The van der Waals surface area contributed by atoms with E-state index in [0.717, 1.165) is 141 Å². The maximum absolute atomic E-state index is 12.8. The lowest BCUT2D eigenvalue weighted by Gasteiger charge is -2.28. The summed E-state index contributed by atoms with van der Waals surface area (Å²) in [5.74, 6) is -0.871. The first kappa shape index (κ1) is 71.9.